The van der Waals surface area contributed by atoms with Crippen molar-refractivity contribution in [1.82, 2.24) is 10.2 Å². The van der Waals surface area contributed by atoms with E-state index in [2.05, 4.69) is 5.32 Å². The van der Waals surface area contributed by atoms with E-state index in [0.29, 0.717) is 12.3 Å². The Morgan fingerprint density at radius 1 is 1.20 bits per heavy atom. The van der Waals surface area contributed by atoms with Crippen LogP contribution in [-0.2, 0) is 14.3 Å². The highest BCUT2D eigenvalue weighted by Crippen LogP contribution is 2.07. The molecule has 1 heterocycles. The Hall–Kier alpha value is -2.57. The van der Waals surface area contributed by atoms with Crippen LogP contribution in [0, 0.1) is 0 Å². The Bertz CT molecular complexity index is 503. The molecule has 1 aliphatic heterocycles. The third-order valence-electron chi connectivity index (χ3n) is 2.61. The first-order valence-corrected chi connectivity index (χ1v) is 6.08. The number of para-hydroxylation sites is 1. The standard InChI is InChI=1S/C13H14N2O5/c16-11(15-7-6-14-13(15)18)8-20-12(17)9-19-10-4-2-1-3-5-10/h1-5H,6-9H2,(H,14,18). The number of carbonyl (C=O) groups excluding carboxylic acids is 3. The van der Waals surface area contributed by atoms with E-state index < -0.39 is 24.5 Å². The van der Waals surface area contributed by atoms with Crippen LogP contribution in [0.2, 0.25) is 0 Å². The number of benzene rings is 1. The molecule has 0 bridgehead atoms. The Balaban J connectivity index is 1.70. The van der Waals surface area contributed by atoms with Crippen molar-refractivity contribution in [3.05, 3.63) is 30.3 Å². The number of imide groups is 1. The van der Waals surface area contributed by atoms with Gasteiger partial charge in [-0.25, -0.2) is 9.59 Å². The van der Waals surface area contributed by atoms with E-state index in [1.54, 1.807) is 24.3 Å². The number of ether oxygens (including phenoxy) is 2. The van der Waals surface area contributed by atoms with Gasteiger partial charge in [-0.05, 0) is 12.1 Å². The van der Waals surface area contributed by atoms with Gasteiger partial charge in [0, 0.05) is 13.1 Å². The molecule has 0 spiro atoms. The quantitative estimate of drug-likeness (QED) is 0.775. The van der Waals surface area contributed by atoms with Crippen molar-refractivity contribution in [3.63, 3.8) is 0 Å². The van der Waals surface area contributed by atoms with E-state index in [4.69, 9.17) is 9.47 Å². The molecule has 0 aromatic heterocycles. The van der Waals surface area contributed by atoms with Gasteiger partial charge in [-0.3, -0.25) is 9.69 Å². The van der Waals surface area contributed by atoms with Crippen LogP contribution in [0.3, 0.4) is 0 Å². The minimum atomic E-state index is -0.665. The van der Waals surface area contributed by atoms with Crippen molar-refractivity contribution in [2.45, 2.75) is 0 Å². The highest BCUT2D eigenvalue weighted by molar-refractivity contribution is 5.96. The number of esters is 1. The topological polar surface area (TPSA) is 84.9 Å². The van der Waals surface area contributed by atoms with Crippen LogP contribution in [0.25, 0.3) is 0 Å². The second kappa shape index (κ2) is 6.55. The van der Waals surface area contributed by atoms with Gasteiger partial charge in [0.05, 0.1) is 0 Å². The Kier molecular flexibility index (Phi) is 4.54. The molecule has 1 N–H and O–H groups in total. The fourth-order valence-corrected chi connectivity index (χ4v) is 1.63. The summed E-state index contributed by atoms with van der Waals surface area (Å²) >= 11 is 0. The van der Waals surface area contributed by atoms with Gasteiger partial charge in [-0.2, -0.15) is 0 Å². The van der Waals surface area contributed by atoms with Gasteiger partial charge < -0.3 is 14.8 Å². The van der Waals surface area contributed by atoms with Gasteiger partial charge in [0.15, 0.2) is 13.2 Å². The number of urea groups is 1. The number of amides is 3. The SMILES string of the molecule is O=C(COc1ccccc1)OCC(=O)N1CCNC1=O. The molecule has 1 fully saturated rings. The summed E-state index contributed by atoms with van der Waals surface area (Å²) in [6, 6.07) is 8.31. The predicted molar refractivity (Wildman–Crippen MR) is 68.0 cm³/mol. The van der Waals surface area contributed by atoms with Crippen molar-refractivity contribution in [2.24, 2.45) is 0 Å². The van der Waals surface area contributed by atoms with Gasteiger partial charge in [-0.1, -0.05) is 18.2 Å². The molecule has 1 aromatic rings. The first-order chi connectivity index (χ1) is 9.66. The van der Waals surface area contributed by atoms with Gasteiger partial charge in [0.2, 0.25) is 0 Å². The molecule has 3 amide bonds. The summed E-state index contributed by atoms with van der Waals surface area (Å²) in [6.45, 7) is -0.0563. The van der Waals surface area contributed by atoms with Crippen LogP contribution in [0.15, 0.2) is 30.3 Å². The lowest BCUT2D eigenvalue weighted by Crippen LogP contribution is -2.37. The van der Waals surface area contributed by atoms with Crippen LogP contribution in [0.4, 0.5) is 4.79 Å². The second-order valence-electron chi connectivity index (χ2n) is 4.04. The highest BCUT2D eigenvalue weighted by Gasteiger charge is 2.26. The molecule has 7 nitrogen and oxygen atoms in total. The Morgan fingerprint density at radius 3 is 2.60 bits per heavy atom. The minimum Gasteiger partial charge on any atom is -0.482 e. The van der Waals surface area contributed by atoms with Crippen LogP contribution >= 0.6 is 0 Å². The van der Waals surface area contributed by atoms with Crippen LogP contribution in [-0.4, -0.2) is 49.1 Å². The second-order valence-corrected chi connectivity index (χ2v) is 4.04. The lowest BCUT2D eigenvalue weighted by atomic mass is 10.3. The minimum absolute atomic E-state index is 0.287. The van der Waals surface area contributed by atoms with E-state index >= 15 is 0 Å². The fraction of sp³-hybridized carbons (Fsp3) is 0.308. The average Bonchev–Trinajstić information content (AvgIpc) is 2.90. The summed E-state index contributed by atoms with van der Waals surface area (Å²) in [6.07, 6.45) is 0. The molecule has 7 heteroatoms. The van der Waals surface area contributed by atoms with E-state index in [0.717, 1.165) is 4.90 Å². The summed E-state index contributed by atoms with van der Waals surface area (Å²) < 4.78 is 9.92. The summed E-state index contributed by atoms with van der Waals surface area (Å²) in [5.74, 6) is -0.676. The largest absolute Gasteiger partial charge is 0.482 e. The molecule has 0 radical (unpaired) electrons. The first-order valence-electron chi connectivity index (χ1n) is 6.08. The fourth-order valence-electron chi connectivity index (χ4n) is 1.63. The molecule has 0 atom stereocenters. The molecule has 1 saturated heterocycles. The van der Waals surface area contributed by atoms with Crippen molar-refractivity contribution < 1.29 is 23.9 Å². The van der Waals surface area contributed by atoms with E-state index in [1.807, 2.05) is 6.07 Å². The molecule has 0 aliphatic carbocycles. The van der Waals surface area contributed by atoms with Gasteiger partial charge in [0.1, 0.15) is 5.75 Å². The number of nitrogens with one attached hydrogen (secondary N) is 1. The molecule has 0 saturated carbocycles. The zero-order valence-corrected chi connectivity index (χ0v) is 10.7. The number of hydrogen-bond donors (Lipinski definition) is 1. The van der Waals surface area contributed by atoms with Crippen molar-refractivity contribution in [2.75, 3.05) is 26.3 Å². The van der Waals surface area contributed by atoms with E-state index in [-0.39, 0.29) is 13.2 Å². The Morgan fingerprint density at radius 2 is 1.95 bits per heavy atom. The smallest absolute Gasteiger partial charge is 0.344 e. The number of nitrogens with zero attached hydrogens (tertiary/aromatic N) is 1. The number of carbonyl (C=O) groups is 3. The molecule has 20 heavy (non-hydrogen) atoms. The maximum absolute atomic E-state index is 11.6. The lowest BCUT2D eigenvalue weighted by Gasteiger charge is -2.12. The number of hydrogen-bond acceptors (Lipinski definition) is 5. The van der Waals surface area contributed by atoms with Crippen LogP contribution in [0.1, 0.15) is 0 Å². The monoisotopic (exact) mass is 278 g/mol. The molecular formula is C13H14N2O5. The summed E-state index contributed by atoms with van der Waals surface area (Å²) in [5.41, 5.74) is 0. The van der Waals surface area contributed by atoms with E-state index in [1.165, 1.54) is 0 Å². The Labute approximate surface area is 115 Å². The zero-order chi connectivity index (χ0) is 14.4. The van der Waals surface area contributed by atoms with Crippen molar-refractivity contribution >= 4 is 17.9 Å². The third kappa shape index (κ3) is 3.71. The van der Waals surface area contributed by atoms with Crippen LogP contribution in [0.5, 0.6) is 5.75 Å². The summed E-state index contributed by atoms with van der Waals surface area (Å²) in [7, 11) is 0. The molecule has 2 rings (SSSR count). The number of rotatable bonds is 5. The third-order valence-corrected chi connectivity index (χ3v) is 2.61. The van der Waals surface area contributed by atoms with Gasteiger partial charge in [0.25, 0.3) is 5.91 Å². The first kappa shape index (κ1) is 13.9. The summed E-state index contributed by atoms with van der Waals surface area (Å²) in [4.78, 5) is 35.2. The molecular weight excluding hydrogens is 264 g/mol. The molecule has 1 aromatic carbocycles. The highest BCUT2D eigenvalue weighted by atomic mass is 16.6. The average molecular weight is 278 g/mol. The van der Waals surface area contributed by atoms with Crippen molar-refractivity contribution in [1.29, 1.82) is 0 Å². The maximum atomic E-state index is 11.6. The van der Waals surface area contributed by atoms with Crippen LogP contribution < -0.4 is 10.1 Å². The lowest BCUT2D eigenvalue weighted by molar-refractivity contribution is -0.152. The van der Waals surface area contributed by atoms with E-state index in [9.17, 15) is 14.4 Å². The molecule has 106 valence electrons. The maximum Gasteiger partial charge on any atom is 0.344 e. The molecule has 0 unspecified atom stereocenters. The summed E-state index contributed by atoms with van der Waals surface area (Å²) in [5, 5.41) is 2.49. The normalized spacial score (nSPS) is 13.8. The van der Waals surface area contributed by atoms with Crippen molar-refractivity contribution in [3.8, 4) is 5.75 Å². The van der Waals surface area contributed by atoms with Gasteiger partial charge >= 0.3 is 12.0 Å². The predicted octanol–water partition coefficient (Wildman–Crippen LogP) is 0.160. The molecule has 1 aliphatic rings. The van der Waals surface area contributed by atoms with Gasteiger partial charge in [-0.15, -0.1) is 0 Å². The zero-order valence-electron chi connectivity index (χ0n) is 10.7.